The van der Waals surface area contributed by atoms with E-state index in [1.54, 1.807) is 6.07 Å². The SMILES string of the molecule is CC(C)(C)N1CCN(S(=O)(=O)c2ccc(CO)cn2)CC1. The van der Waals surface area contributed by atoms with Crippen LogP contribution in [0.3, 0.4) is 0 Å². The van der Waals surface area contributed by atoms with Gasteiger partial charge in [-0.1, -0.05) is 6.07 Å². The molecule has 0 bridgehead atoms. The third kappa shape index (κ3) is 3.60. The molecule has 1 aliphatic heterocycles. The van der Waals surface area contributed by atoms with Crippen molar-refractivity contribution in [2.45, 2.75) is 37.9 Å². The van der Waals surface area contributed by atoms with Gasteiger partial charge in [-0.15, -0.1) is 0 Å². The van der Waals surface area contributed by atoms with Gasteiger partial charge in [0.2, 0.25) is 0 Å². The van der Waals surface area contributed by atoms with Crippen molar-refractivity contribution in [2.24, 2.45) is 0 Å². The molecular formula is C14H23N3O3S. The highest BCUT2D eigenvalue weighted by molar-refractivity contribution is 7.89. The second-order valence-corrected chi connectivity index (χ2v) is 8.11. The molecule has 1 N–H and O–H groups in total. The molecule has 6 nitrogen and oxygen atoms in total. The van der Waals surface area contributed by atoms with Gasteiger partial charge in [-0.2, -0.15) is 4.31 Å². The zero-order valence-corrected chi connectivity index (χ0v) is 13.6. The van der Waals surface area contributed by atoms with Gasteiger partial charge in [-0.05, 0) is 32.4 Å². The highest BCUT2D eigenvalue weighted by Crippen LogP contribution is 2.20. The maximum absolute atomic E-state index is 12.5. The van der Waals surface area contributed by atoms with Crippen molar-refractivity contribution in [3.63, 3.8) is 0 Å². The fraction of sp³-hybridized carbons (Fsp3) is 0.643. The van der Waals surface area contributed by atoms with Crippen molar-refractivity contribution in [2.75, 3.05) is 26.2 Å². The summed E-state index contributed by atoms with van der Waals surface area (Å²) in [5, 5.41) is 9.03. The normalized spacial score (nSPS) is 18.9. The molecule has 1 fully saturated rings. The topological polar surface area (TPSA) is 73.7 Å². The summed E-state index contributed by atoms with van der Waals surface area (Å²) in [5.41, 5.74) is 0.656. The molecule has 0 spiro atoms. The van der Waals surface area contributed by atoms with Crippen LogP contribution in [0.25, 0.3) is 0 Å². The number of nitrogens with zero attached hydrogens (tertiary/aromatic N) is 3. The lowest BCUT2D eigenvalue weighted by atomic mass is 10.1. The first-order chi connectivity index (χ1) is 9.75. The van der Waals surface area contributed by atoms with Crippen LogP contribution in [0.2, 0.25) is 0 Å². The average Bonchev–Trinajstić information content (AvgIpc) is 2.46. The molecule has 2 heterocycles. The Morgan fingerprint density at radius 1 is 1.19 bits per heavy atom. The molecular weight excluding hydrogens is 290 g/mol. The summed E-state index contributed by atoms with van der Waals surface area (Å²) in [6.45, 7) is 8.64. The smallest absolute Gasteiger partial charge is 0.260 e. The number of rotatable bonds is 3. The Kier molecular flexibility index (Phi) is 4.67. The molecule has 0 atom stereocenters. The highest BCUT2D eigenvalue weighted by atomic mass is 32.2. The van der Waals surface area contributed by atoms with Gasteiger partial charge in [0.1, 0.15) is 0 Å². The number of piperazine rings is 1. The Balaban J connectivity index is 2.11. The van der Waals surface area contributed by atoms with Crippen LogP contribution in [0, 0.1) is 0 Å². The molecule has 0 amide bonds. The van der Waals surface area contributed by atoms with Gasteiger partial charge in [-0.3, -0.25) is 4.90 Å². The molecule has 118 valence electrons. The maximum Gasteiger partial charge on any atom is 0.260 e. The summed E-state index contributed by atoms with van der Waals surface area (Å²) in [4.78, 5) is 6.24. The summed E-state index contributed by atoms with van der Waals surface area (Å²) in [6.07, 6.45) is 1.40. The molecule has 0 saturated carbocycles. The molecule has 2 rings (SSSR count). The van der Waals surface area contributed by atoms with E-state index in [1.165, 1.54) is 16.6 Å². The Morgan fingerprint density at radius 2 is 1.81 bits per heavy atom. The van der Waals surface area contributed by atoms with Gasteiger partial charge in [-0.25, -0.2) is 13.4 Å². The van der Waals surface area contributed by atoms with E-state index in [0.717, 1.165) is 13.1 Å². The Morgan fingerprint density at radius 3 is 2.24 bits per heavy atom. The number of sulfonamides is 1. The maximum atomic E-state index is 12.5. The summed E-state index contributed by atoms with van der Waals surface area (Å²) < 4.78 is 26.5. The second-order valence-electron chi connectivity index (χ2n) is 6.22. The highest BCUT2D eigenvalue weighted by Gasteiger charge is 2.32. The molecule has 1 saturated heterocycles. The molecule has 1 aliphatic rings. The molecule has 21 heavy (non-hydrogen) atoms. The van der Waals surface area contributed by atoms with Gasteiger partial charge >= 0.3 is 0 Å². The van der Waals surface area contributed by atoms with E-state index < -0.39 is 10.0 Å². The number of aliphatic hydroxyl groups is 1. The van der Waals surface area contributed by atoms with Gasteiger partial charge in [0.15, 0.2) is 5.03 Å². The molecule has 0 radical (unpaired) electrons. The minimum atomic E-state index is -3.54. The van der Waals surface area contributed by atoms with E-state index in [4.69, 9.17) is 5.11 Å². The van der Waals surface area contributed by atoms with Gasteiger partial charge in [0.05, 0.1) is 6.61 Å². The fourth-order valence-corrected chi connectivity index (χ4v) is 3.72. The quantitative estimate of drug-likeness (QED) is 0.888. The number of hydrogen-bond acceptors (Lipinski definition) is 5. The summed E-state index contributed by atoms with van der Waals surface area (Å²) in [5.74, 6) is 0. The minimum absolute atomic E-state index is 0.0453. The van der Waals surface area contributed by atoms with E-state index in [9.17, 15) is 8.42 Å². The van der Waals surface area contributed by atoms with Crippen LogP contribution in [0.1, 0.15) is 26.3 Å². The molecule has 1 aromatic rings. The van der Waals surface area contributed by atoms with Crippen molar-refractivity contribution in [1.82, 2.24) is 14.2 Å². The average molecular weight is 313 g/mol. The van der Waals surface area contributed by atoms with Crippen LogP contribution in [-0.4, -0.2) is 59.4 Å². The van der Waals surface area contributed by atoms with Gasteiger partial charge in [0.25, 0.3) is 10.0 Å². The van der Waals surface area contributed by atoms with E-state index in [-0.39, 0.29) is 17.2 Å². The molecule has 0 aromatic carbocycles. The molecule has 7 heteroatoms. The lowest BCUT2D eigenvalue weighted by Gasteiger charge is -2.41. The van der Waals surface area contributed by atoms with Crippen LogP contribution in [-0.2, 0) is 16.6 Å². The number of pyridine rings is 1. The van der Waals surface area contributed by atoms with E-state index >= 15 is 0 Å². The predicted molar refractivity (Wildman–Crippen MR) is 80.2 cm³/mol. The zero-order valence-electron chi connectivity index (χ0n) is 12.8. The van der Waals surface area contributed by atoms with Crippen LogP contribution in [0.5, 0.6) is 0 Å². The summed E-state index contributed by atoms with van der Waals surface area (Å²) in [7, 11) is -3.54. The number of aromatic nitrogens is 1. The van der Waals surface area contributed by atoms with E-state index in [2.05, 4.69) is 30.7 Å². The Bertz CT molecular complexity index is 570. The minimum Gasteiger partial charge on any atom is -0.392 e. The largest absolute Gasteiger partial charge is 0.392 e. The molecule has 1 aromatic heterocycles. The van der Waals surface area contributed by atoms with Gasteiger partial charge in [0, 0.05) is 37.9 Å². The third-order valence-electron chi connectivity index (χ3n) is 3.77. The zero-order chi connectivity index (χ0) is 15.7. The Labute approximate surface area is 126 Å². The predicted octanol–water partition coefficient (Wildman–Crippen LogP) is 0.679. The number of aliphatic hydroxyl groups excluding tert-OH is 1. The summed E-state index contributed by atoms with van der Waals surface area (Å²) in [6, 6.07) is 3.04. The lowest BCUT2D eigenvalue weighted by Crippen LogP contribution is -2.54. The second kappa shape index (κ2) is 6.00. The van der Waals surface area contributed by atoms with E-state index in [0.29, 0.717) is 18.7 Å². The Hall–Kier alpha value is -1.02. The monoisotopic (exact) mass is 313 g/mol. The lowest BCUT2D eigenvalue weighted by molar-refractivity contribution is 0.0921. The molecule has 0 aliphatic carbocycles. The first kappa shape index (κ1) is 16.4. The van der Waals surface area contributed by atoms with Crippen molar-refractivity contribution in [1.29, 1.82) is 0 Å². The van der Waals surface area contributed by atoms with Crippen LogP contribution in [0.15, 0.2) is 23.4 Å². The van der Waals surface area contributed by atoms with Crippen LogP contribution >= 0.6 is 0 Å². The first-order valence-electron chi connectivity index (χ1n) is 7.06. The number of hydrogen-bond donors (Lipinski definition) is 1. The third-order valence-corrected chi connectivity index (χ3v) is 5.59. The summed E-state index contributed by atoms with van der Waals surface area (Å²) >= 11 is 0. The van der Waals surface area contributed by atoms with Crippen molar-refractivity contribution in [3.05, 3.63) is 23.9 Å². The van der Waals surface area contributed by atoms with Crippen molar-refractivity contribution >= 4 is 10.0 Å². The van der Waals surface area contributed by atoms with Crippen LogP contribution < -0.4 is 0 Å². The van der Waals surface area contributed by atoms with Gasteiger partial charge < -0.3 is 5.11 Å². The standard InChI is InChI=1S/C14H23N3O3S/c1-14(2,3)16-6-8-17(9-7-16)21(19,20)13-5-4-12(11-18)10-15-13/h4-5,10,18H,6-9,11H2,1-3H3. The van der Waals surface area contributed by atoms with Crippen molar-refractivity contribution in [3.8, 4) is 0 Å². The first-order valence-corrected chi connectivity index (χ1v) is 8.50. The van der Waals surface area contributed by atoms with Crippen molar-refractivity contribution < 1.29 is 13.5 Å². The molecule has 0 unspecified atom stereocenters. The fourth-order valence-electron chi connectivity index (χ4n) is 2.39. The van der Waals surface area contributed by atoms with E-state index in [1.807, 2.05) is 0 Å². The van der Waals surface area contributed by atoms with Crippen LogP contribution in [0.4, 0.5) is 0 Å².